The zero-order chi connectivity index (χ0) is 33.8. The number of carbonyl (C=O) groups is 3. The van der Waals surface area contributed by atoms with Crippen molar-refractivity contribution in [2.24, 2.45) is 0 Å². The van der Waals surface area contributed by atoms with Gasteiger partial charge in [0.25, 0.3) is 0 Å². The summed E-state index contributed by atoms with van der Waals surface area (Å²) < 4.78 is 5.96. The zero-order valence-corrected chi connectivity index (χ0v) is 30.7. The van der Waals surface area contributed by atoms with E-state index in [0.29, 0.717) is 12.8 Å². The quantitative estimate of drug-likeness (QED) is 0.0515. The normalized spacial score (nSPS) is 11.9. The molecule has 46 heavy (non-hydrogen) atoms. The summed E-state index contributed by atoms with van der Waals surface area (Å²) in [6, 6.07) is 0. The highest BCUT2D eigenvalue weighted by Gasteiger charge is 2.14. The van der Waals surface area contributed by atoms with Gasteiger partial charge in [0.15, 0.2) is 0 Å². The molecule has 1 unspecified atom stereocenters. The number of rotatable bonds is 37. The number of nitrogens with one attached hydrogen (secondary N) is 1. The summed E-state index contributed by atoms with van der Waals surface area (Å²) in [5, 5.41) is 11.1. The number of carboxylic acids is 1. The minimum Gasteiger partial charge on any atom is -0.480 e. The van der Waals surface area contributed by atoms with Crippen LogP contribution in [0.4, 0.5) is 0 Å². The van der Waals surface area contributed by atoms with Crippen molar-refractivity contribution in [2.45, 2.75) is 232 Å². The van der Waals surface area contributed by atoms with Gasteiger partial charge in [0.1, 0.15) is 12.6 Å². The van der Waals surface area contributed by atoms with E-state index in [9.17, 15) is 14.4 Å². The molecule has 0 aromatic carbocycles. The Labute approximate surface area is 285 Å². The Bertz CT molecular complexity index is 683. The van der Waals surface area contributed by atoms with E-state index in [1.165, 1.54) is 141 Å². The average Bonchev–Trinajstić information content (AvgIpc) is 3.04. The predicted octanol–water partition coefficient (Wildman–Crippen LogP) is 12.0. The molecule has 6 heteroatoms. The van der Waals surface area contributed by atoms with Crippen LogP contribution in [0.2, 0.25) is 0 Å². The molecule has 0 aromatic heterocycles. The van der Waals surface area contributed by atoms with Gasteiger partial charge in [0.2, 0.25) is 5.91 Å². The molecule has 0 aliphatic rings. The van der Waals surface area contributed by atoms with Crippen LogP contribution >= 0.6 is 0 Å². The van der Waals surface area contributed by atoms with E-state index in [0.717, 1.165) is 57.8 Å². The molecule has 0 aromatic rings. The maximum absolute atomic E-state index is 12.6. The zero-order valence-electron chi connectivity index (χ0n) is 30.7. The van der Waals surface area contributed by atoms with Crippen LogP contribution in [-0.2, 0) is 19.1 Å². The molecule has 0 aliphatic heterocycles. The summed E-state index contributed by atoms with van der Waals surface area (Å²) in [7, 11) is 0. The Morgan fingerprint density at radius 2 is 0.804 bits per heavy atom. The molecule has 0 aliphatic carbocycles. The second-order valence-corrected chi connectivity index (χ2v) is 13.9. The molecule has 0 fully saturated rings. The van der Waals surface area contributed by atoms with Crippen molar-refractivity contribution in [3.8, 4) is 0 Å². The van der Waals surface area contributed by atoms with Crippen LogP contribution in [0.5, 0.6) is 0 Å². The Morgan fingerprint density at radius 3 is 1.17 bits per heavy atom. The van der Waals surface area contributed by atoms with Crippen LogP contribution in [0.1, 0.15) is 226 Å². The van der Waals surface area contributed by atoms with Crippen LogP contribution < -0.4 is 5.32 Å². The third-order valence-electron chi connectivity index (χ3n) is 9.28. The van der Waals surface area contributed by atoms with Gasteiger partial charge in [-0.25, -0.2) is 0 Å². The average molecular weight is 652 g/mol. The second kappa shape index (κ2) is 36.2. The Balaban J connectivity index is 3.85. The SMILES string of the molecule is CCCCCCCCCCCCCCCCCCCCCC(=O)OC(CCCCCCCC)CCCCCCC(=O)NCC(=O)O. The third-order valence-corrected chi connectivity index (χ3v) is 9.28. The Kier molecular flexibility index (Phi) is 35.0. The summed E-state index contributed by atoms with van der Waals surface area (Å²) >= 11 is 0. The first kappa shape index (κ1) is 44.4. The number of esters is 1. The van der Waals surface area contributed by atoms with Gasteiger partial charge in [-0.3, -0.25) is 14.4 Å². The summed E-state index contributed by atoms with van der Waals surface area (Å²) in [5.41, 5.74) is 0. The van der Waals surface area contributed by atoms with E-state index in [1.807, 2.05) is 0 Å². The molecule has 1 amide bonds. The van der Waals surface area contributed by atoms with Crippen LogP contribution in [0.15, 0.2) is 0 Å². The molecule has 1 atom stereocenters. The van der Waals surface area contributed by atoms with Crippen LogP contribution in [-0.4, -0.2) is 35.6 Å². The topological polar surface area (TPSA) is 92.7 Å². The van der Waals surface area contributed by atoms with E-state index in [2.05, 4.69) is 19.2 Å². The summed E-state index contributed by atoms with van der Waals surface area (Å²) in [6.45, 7) is 4.21. The van der Waals surface area contributed by atoms with E-state index >= 15 is 0 Å². The monoisotopic (exact) mass is 652 g/mol. The maximum Gasteiger partial charge on any atom is 0.322 e. The Morgan fingerprint density at radius 1 is 0.478 bits per heavy atom. The molecule has 0 saturated heterocycles. The minimum absolute atomic E-state index is 0.0119. The van der Waals surface area contributed by atoms with Crippen LogP contribution in [0, 0.1) is 0 Å². The number of hydrogen-bond acceptors (Lipinski definition) is 4. The lowest BCUT2D eigenvalue weighted by Crippen LogP contribution is -2.28. The first-order valence-corrected chi connectivity index (χ1v) is 20.2. The lowest BCUT2D eigenvalue weighted by molar-refractivity contribution is -0.150. The first-order chi connectivity index (χ1) is 22.5. The molecule has 0 spiro atoms. The van der Waals surface area contributed by atoms with Crippen molar-refractivity contribution < 1.29 is 24.2 Å². The highest BCUT2D eigenvalue weighted by Crippen LogP contribution is 2.19. The molecule has 0 bridgehead atoms. The van der Waals surface area contributed by atoms with Crippen LogP contribution in [0.3, 0.4) is 0 Å². The lowest BCUT2D eigenvalue weighted by Gasteiger charge is -2.18. The van der Waals surface area contributed by atoms with Crippen molar-refractivity contribution in [1.29, 1.82) is 0 Å². The molecule has 6 nitrogen and oxygen atoms in total. The fraction of sp³-hybridized carbons (Fsp3) is 0.925. The Hall–Kier alpha value is -1.59. The van der Waals surface area contributed by atoms with Crippen molar-refractivity contribution in [2.75, 3.05) is 6.54 Å². The number of carboxylic acid groups (broad SMARTS) is 1. The van der Waals surface area contributed by atoms with Crippen molar-refractivity contribution in [3.63, 3.8) is 0 Å². The molecule has 0 radical (unpaired) electrons. The number of aliphatic carboxylic acids is 1. The first-order valence-electron chi connectivity index (χ1n) is 20.2. The summed E-state index contributed by atoms with van der Waals surface area (Å²) in [4.78, 5) is 34.8. The highest BCUT2D eigenvalue weighted by molar-refractivity contribution is 5.80. The lowest BCUT2D eigenvalue weighted by atomic mass is 10.0. The van der Waals surface area contributed by atoms with Gasteiger partial charge >= 0.3 is 11.9 Å². The molecule has 0 rings (SSSR count). The van der Waals surface area contributed by atoms with Crippen molar-refractivity contribution in [3.05, 3.63) is 0 Å². The molecule has 0 saturated carbocycles. The summed E-state index contributed by atoms with van der Waals surface area (Å²) in [5.74, 6) is -1.25. The molecule has 0 heterocycles. The van der Waals surface area contributed by atoms with Gasteiger partial charge in [-0.05, 0) is 38.5 Å². The molecular weight excluding hydrogens is 574 g/mol. The van der Waals surface area contributed by atoms with E-state index in [1.54, 1.807) is 0 Å². The predicted molar refractivity (Wildman–Crippen MR) is 194 cm³/mol. The van der Waals surface area contributed by atoms with Gasteiger partial charge in [-0.2, -0.15) is 0 Å². The van der Waals surface area contributed by atoms with Gasteiger partial charge in [0, 0.05) is 12.8 Å². The van der Waals surface area contributed by atoms with Gasteiger partial charge in [-0.15, -0.1) is 0 Å². The standard InChI is InChI=1S/C40H77NO5/c1-3-5-7-9-11-12-13-14-15-16-17-18-19-20-21-22-23-25-31-35-40(45)46-37(32-28-24-10-8-6-4-2)33-29-26-27-30-34-38(42)41-36-39(43)44/h37H,3-36H2,1-2H3,(H,41,42)(H,43,44). The largest absolute Gasteiger partial charge is 0.480 e. The minimum atomic E-state index is -1.02. The summed E-state index contributed by atoms with van der Waals surface area (Å²) in [6.07, 6.45) is 39.5. The van der Waals surface area contributed by atoms with E-state index in [4.69, 9.17) is 9.84 Å². The smallest absolute Gasteiger partial charge is 0.322 e. The molecule has 2 N–H and O–H groups in total. The van der Waals surface area contributed by atoms with Crippen molar-refractivity contribution >= 4 is 17.8 Å². The number of hydrogen-bond donors (Lipinski definition) is 2. The van der Waals surface area contributed by atoms with Crippen LogP contribution in [0.25, 0.3) is 0 Å². The number of amides is 1. The molecule has 272 valence electrons. The number of unbranched alkanes of at least 4 members (excludes halogenated alkanes) is 26. The molecular formula is C40H77NO5. The van der Waals surface area contributed by atoms with Crippen molar-refractivity contribution in [1.82, 2.24) is 5.32 Å². The van der Waals surface area contributed by atoms with E-state index < -0.39 is 5.97 Å². The van der Waals surface area contributed by atoms with Gasteiger partial charge in [0.05, 0.1) is 0 Å². The fourth-order valence-corrected chi connectivity index (χ4v) is 6.28. The van der Waals surface area contributed by atoms with E-state index in [-0.39, 0.29) is 24.5 Å². The number of carbonyl (C=O) groups excluding carboxylic acids is 2. The fourth-order valence-electron chi connectivity index (χ4n) is 6.28. The number of ether oxygens (including phenoxy) is 1. The third kappa shape index (κ3) is 35.3. The van der Waals surface area contributed by atoms with Gasteiger partial charge in [-0.1, -0.05) is 174 Å². The maximum atomic E-state index is 12.6. The second-order valence-electron chi connectivity index (χ2n) is 13.9. The highest BCUT2D eigenvalue weighted by atomic mass is 16.5. The van der Waals surface area contributed by atoms with Gasteiger partial charge < -0.3 is 15.2 Å².